The van der Waals surface area contributed by atoms with Crippen molar-refractivity contribution in [1.82, 2.24) is 4.98 Å². The summed E-state index contributed by atoms with van der Waals surface area (Å²) < 4.78 is 0.865. The molecule has 0 amide bonds. The summed E-state index contributed by atoms with van der Waals surface area (Å²) in [5, 5.41) is 0. The molecule has 1 nitrogen and oxygen atoms in total. The van der Waals surface area contributed by atoms with Crippen molar-refractivity contribution in [1.29, 1.82) is 0 Å². The van der Waals surface area contributed by atoms with Crippen LogP contribution in [0, 0.1) is 11.4 Å². The quantitative estimate of drug-likeness (QED) is 0.704. The minimum Gasteiger partial charge on any atom is -0.359 e. The van der Waals surface area contributed by atoms with Gasteiger partial charge in [-0.2, -0.15) is 0 Å². The molecule has 0 aliphatic rings. The molecular weight excluding hydrogens is 178 g/mol. The molecule has 0 fully saturated rings. The number of aryl methyl sites for hydroxylation is 1. The minimum absolute atomic E-state index is 0.865. The zero-order valence-electron chi connectivity index (χ0n) is 7.92. The monoisotopic (exact) mass is 191 g/mol. The minimum atomic E-state index is 0.865. The fourth-order valence-corrected chi connectivity index (χ4v) is 1.58. The van der Waals surface area contributed by atoms with E-state index in [0.717, 1.165) is 21.5 Å². The van der Waals surface area contributed by atoms with E-state index in [4.69, 9.17) is 12.2 Å². The van der Waals surface area contributed by atoms with Gasteiger partial charge in [-0.3, -0.25) is 0 Å². The Kier molecular flexibility index (Phi) is 3.20. The highest BCUT2D eigenvalue weighted by Gasteiger charge is 1.98. The molecule has 1 N–H and O–H groups in total. The van der Waals surface area contributed by atoms with E-state index in [2.05, 4.69) is 11.6 Å². The Morgan fingerprint density at radius 1 is 1.54 bits per heavy atom. The van der Waals surface area contributed by atoms with Gasteiger partial charge < -0.3 is 4.98 Å². The largest absolute Gasteiger partial charge is 0.359 e. The van der Waals surface area contributed by atoms with Crippen LogP contribution in [0.5, 0.6) is 0 Å². The predicted molar refractivity (Wildman–Crippen MR) is 61.2 cm³/mol. The first kappa shape index (κ1) is 9.93. The van der Waals surface area contributed by atoms with Crippen molar-refractivity contribution >= 4 is 24.4 Å². The summed E-state index contributed by atoms with van der Waals surface area (Å²) >= 11 is 5.24. The van der Waals surface area contributed by atoms with Gasteiger partial charge in [-0.1, -0.05) is 30.9 Å². The lowest BCUT2D eigenvalue weighted by atomic mass is 10.1. The third-order valence-corrected chi connectivity index (χ3v) is 2.11. The molecule has 0 aliphatic heterocycles. The molecule has 0 bridgehead atoms. The molecule has 0 radical (unpaired) electrons. The van der Waals surface area contributed by atoms with E-state index in [1.165, 1.54) is 0 Å². The Morgan fingerprint density at radius 3 is 2.77 bits per heavy atom. The van der Waals surface area contributed by atoms with Gasteiger partial charge >= 0.3 is 0 Å². The number of hydrogen-bond donors (Lipinski definition) is 1. The van der Waals surface area contributed by atoms with Crippen LogP contribution < -0.4 is 0 Å². The Bertz CT molecular complexity index is 399. The Labute approximate surface area is 83.8 Å². The number of aromatic nitrogens is 1. The number of hydrogen-bond acceptors (Lipinski definition) is 1. The van der Waals surface area contributed by atoms with Gasteiger partial charge in [-0.15, -0.1) is 0 Å². The fraction of sp³-hybridized carbons (Fsp3) is 0.182. The lowest BCUT2D eigenvalue weighted by molar-refractivity contribution is 1.17. The highest BCUT2D eigenvalue weighted by Crippen LogP contribution is 2.13. The molecule has 2 heteroatoms. The van der Waals surface area contributed by atoms with Gasteiger partial charge in [0.05, 0.1) is 0 Å². The van der Waals surface area contributed by atoms with Crippen molar-refractivity contribution in [2.24, 2.45) is 0 Å². The molecule has 68 valence electrons. The summed E-state index contributed by atoms with van der Waals surface area (Å²) in [4.78, 5) is 3.22. The predicted octanol–water partition coefficient (Wildman–Crippen LogP) is 3.73. The van der Waals surface area contributed by atoms with Crippen molar-refractivity contribution in [2.75, 3.05) is 0 Å². The van der Waals surface area contributed by atoms with Gasteiger partial charge in [-0.05, 0) is 26.0 Å². The van der Waals surface area contributed by atoms with Gasteiger partial charge in [0.25, 0.3) is 0 Å². The van der Waals surface area contributed by atoms with E-state index in [-0.39, 0.29) is 0 Å². The number of rotatable bonds is 2. The number of nitrogens with one attached hydrogen (secondary N) is 1. The third-order valence-electron chi connectivity index (χ3n) is 1.77. The molecule has 0 aromatic carbocycles. The first-order chi connectivity index (χ1) is 6.19. The summed E-state index contributed by atoms with van der Waals surface area (Å²) in [7, 11) is 0. The number of allylic oxidation sites excluding steroid dienone is 1. The second kappa shape index (κ2) is 4.19. The number of aromatic amines is 1. The normalized spacial score (nSPS) is 10.6. The van der Waals surface area contributed by atoms with Crippen molar-refractivity contribution in [3.8, 4) is 0 Å². The van der Waals surface area contributed by atoms with Crippen LogP contribution in [0.1, 0.15) is 23.9 Å². The lowest BCUT2D eigenvalue weighted by Crippen LogP contribution is -1.90. The summed E-state index contributed by atoms with van der Waals surface area (Å²) in [5.41, 5.74) is 3.09. The Hall–Kier alpha value is -1.15. The van der Waals surface area contributed by atoms with E-state index in [0.29, 0.717) is 0 Å². The summed E-state index contributed by atoms with van der Waals surface area (Å²) in [6, 6.07) is 1.96. The lowest BCUT2D eigenvalue weighted by Gasteiger charge is -2.03. The Morgan fingerprint density at radius 2 is 2.23 bits per heavy atom. The van der Waals surface area contributed by atoms with Crippen LogP contribution in [-0.2, 0) is 0 Å². The van der Waals surface area contributed by atoms with Gasteiger partial charge in [0.1, 0.15) is 0 Å². The average Bonchev–Trinajstić information content (AvgIpc) is 2.09. The van der Waals surface area contributed by atoms with E-state index in [9.17, 15) is 0 Å². The van der Waals surface area contributed by atoms with Crippen LogP contribution in [0.4, 0.5) is 0 Å². The Balaban J connectivity index is 3.47. The summed E-state index contributed by atoms with van der Waals surface area (Å²) in [6.07, 6.45) is 5.76. The zero-order chi connectivity index (χ0) is 9.84. The third kappa shape index (κ3) is 2.16. The highest BCUT2D eigenvalue weighted by molar-refractivity contribution is 7.71. The number of pyridine rings is 1. The van der Waals surface area contributed by atoms with Crippen LogP contribution in [0.2, 0.25) is 0 Å². The molecule has 0 saturated carbocycles. The topological polar surface area (TPSA) is 15.8 Å². The van der Waals surface area contributed by atoms with E-state index in [1.807, 2.05) is 32.1 Å². The maximum absolute atomic E-state index is 5.24. The van der Waals surface area contributed by atoms with Gasteiger partial charge in [0.2, 0.25) is 0 Å². The van der Waals surface area contributed by atoms with Crippen molar-refractivity contribution in [3.05, 3.63) is 40.2 Å². The van der Waals surface area contributed by atoms with Crippen molar-refractivity contribution in [3.63, 3.8) is 0 Å². The highest BCUT2D eigenvalue weighted by atomic mass is 32.1. The first-order valence-electron chi connectivity index (χ1n) is 4.18. The molecule has 1 rings (SSSR count). The van der Waals surface area contributed by atoms with Gasteiger partial charge in [0, 0.05) is 21.5 Å². The molecule has 1 aromatic heterocycles. The average molecular weight is 191 g/mol. The molecular formula is C11H13NS. The maximum atomic E-state index is 5.24. The van der Waals surface area contributed by atoms with Crippen molar-refractivity contribution < 1.29 is 0 Å². The zero-order valence-corrected chi connectivity index (χ0v) is 8.74. The maximum Gasteiger partial charge on any atom is 0.0487 e. The molecule has 0 aliphatic carbocycles. The van der Waals surface area contributed by atoms with Crippen LogP contribution in [0.25, 0.3) is 12.2 Å². The molecule has 1 heterocycles. The molecule has 13 heavy (non-hydrogen) atoms. The van der Waals surface area contributed by atoms with Crippen LogP contribution in [0.3, 0.4) is 0 Å². The standard InChI is InChI=1S/C11H13NS/c1-4-6-9-10(5-2)12-8(3)7-11(9)13/h4-7H,2H2,1,3H3,(H,12,13)/b6-4-. The first-order valence-corrected chi connectivity index (χ1v) is 4.59. The fourth-order valence-electron chi connectivity index (χ4n) is 1.22. The van der Waals surface area contributed by atoms with E-state index >= 15 is 0 Å². The molecule has 0 unspecified atom stereocenters. The van der Waals surface area contributed by atoms with E-state index < -0.39 is 0 Å². The molecule has 0 saturated heterocycles. The van der Waals surface area contributed by atoms with Crippen LogP contribution in [-0.4, -0.2) is 4.98 Å². The van der Waals surface area contributed by atoms with Gasteiger partial charge in [0.15, 0.2) is 0 Å². The van der Waals surface area contributed by atoms with Gasteiger partial charge in [-0.25, -0.2) is 0 Å². The summed E-state index contributed by atoms with van der Waals surface area (Å²) in [5.74, 6) is 0. The molecule has 0 atom stereocenters. The second-order valence-corrected chi connectivity index (χ2v) is 3.29. The SMILES string of the molecule is C=Cc1[nH]c(C)cc(=S)c1/C=C\C. The molecule has 0 spiro atoms. The van der Waals surface area contributed by atoms with Crippen LogP contribution >= 0.6 is 12.2 Å². The summed E-state index contributed by atoms with van der Waals surface area (Å²) in [6.45, 7) is 7.71. The smallest absolute Gasteiger partial charge is 0.0487 e. The number of H-pyrrole nitrogens is 1. The van der Waals surface area contributed by atoms with Crippen LogP contribution in [0.15, 0.2) is 18.7 Å². The van der Waals surface area contributed by atoms with Crippen molar-refractivity contribution in [2.45, 2.75) is 13.8 Å². The second-order valence-electron chi connectivity index (χ2n) is 2.85. The van der Waals surface area contributed by atoms with E-state index in [1.54, 1.807) is 6.08 Å². The molecule has 1 aromatic rings.